The zero-order valence-corrected chi connectivity index (χ0v) is 12.0. The average Bonchev–Trinajstić information content (AvgIpc) is 2.42. The summed E-state index contributed by atoms with van der Waals surface area (Å²) in [5.41, 5.74) is -0.217. The smallest absolute Gasteiger partial charge is 0.111 e. The van der Waals surface area contributed by atoms with Crippen molar-refractivity contribution in [3.8, 4) is 6.07 Å². The van der Waals surface area contributed by atoms with Crippen molar-refractivity contribution in [2.24, 2.45) is 5.41 Å². The van der Waals surface area contributed by atoms with E-state index >= 15 is 0 Å². The topological polar surface area (TPSA) is 53.2 Å². The molecule has 0 aromatic heterocycles. The molecule has 1 saturated heterocycles. The highest BCUT2D eigenvalue weighted by molar-refractivity contribution is 9.10. The van der Waals surface area contributed by atoms with Crippen LogP contribution in [-0.4, -0.2) is 18.3 Å². The number of nitriles is 1. The lowest BCUT2D eigenvalue weighted by Crippen LogP contribution is -2.36. The molecule has 0 radical (unpaired) electrons. The van der Waals surface area contributed by atoms with Gasteiger partial charge in [0.05, 0.1) is 23.8 Å². The monoisotopic (exact) mass is 329 g/mol. The van der Waals surface area contributed by atoms with Crippen LogP contribution in [0, 0.1) is 16.7 Å². The highest BCUT2D eigenvalue weighted by atomic mass is 79.9. The molecule has 1 fully saturated rings. The zero-order valence-electron chi connectivity index (χ0n) is 9.70. The number of ether oxygens (including phenoxy) is 1. The lowest BCUT2D eigenvalue weighted by atomic mass is 9.76. The van der Waals surface area contributed by atoms with Crippen LogP contribution in [0.3, 0.4) is 0 Å². The molecule has 0 amide bonds. The van der Waals surface area contributed by atoms with E-state index in [1.54, 1.807) is 18.2 Å². The fourth-order valence-electron chi connectivity index (χ4n) is 2.18. The fourth-order valence-corrected chi connectivity index (χ4v) is 2.62. The van der Waals surface area contributed by atoms with Gasteiger partial charge in [-0.25, -0.2) is 0 Å². The van der Waals surface area contributed by atoms with Gasteiger partial charge in [0, 0.05) is 11.1 Å². The minimum Gasteiger partial charge on any atom is -0.387 e. The Kier molecular flexibility index (Phi) is 4.29. The SMILES string of the molecule is N#CC1(C(O)c2ccc(Br)c(Cl)c2)CCCOC1. The fraction of sp³-hybridized carbons (Fsp3) is 0.462. The first-order valence-corrected chi connectivity index (χ1v) is 6.88. The summed E-state index contributed by atoms with van der Waals surface area (Å²) in [7, 11) is 0. The summed E-state index contributed by atoms with van der Waals surface area (Å²) in [4.78, 5) is 0. The van der Waals surface area contributed by atoms with E-state index in [0.29, 0.717) is 23.6 Å². The number of nitrogens with zero attached hydrogens (tertiary/aromatic N) is 1. The molecule has 1 aromatic carbocycles. The standard InChI is InChI=1S/C13H13BrClNO2/c14-10-3-2-9(6-11(10)15)12(17)13(7-16)4-1-5-18-8-13/h2-3,6,12,17H,1,4-5,8H2. The van der Waals surface area contributed by atoms with E-state index in [-0.39, 0.29) is 6.61 Å². The molecule has 0 aliphatic carbocycles. The minimum atomic E-state index is -0.881. The van der Waals surface area contributed by atoms with Crippen LogP contribution in [0.4, 0.5) is 0 Å². The number of aliphatic hydroxyl groups excluding tert-OH is 1. The average molecular weight is 331 g/mol. The maximum absolute atomic E-state index is 10.4. The molecule has 0 saturated carbocycles. The Morgan fingerprint density at radius 1 is 1.56 bits per heavy atom. The molecular weight excluding hydrogens is 318 g/mol. The van der Waals surface area contributed by atoms with Crippen molar-refractivity contribution in [3.63, 3.8) is 0 Å². The van der Waals surface area contributed by atoms with Gasteiger partial charge in [-0.05, 0) is 46.5 Å². The van der Waals surface area contributed by atoms with Crippen LogP contribution in [0.25, 0.3) is 0 Å². The normalized spacial score (nSPS) is 25.4. The summed E-state index contributed by atoms with van der Waals surface area (Å²) in [5.74, 6) is 0. The summed E-state index contributed by atoms with van der Waals surface area (Å²) in [6.07, 6.45) is 0.543. The molecule has 18 heavy (non-hydrogen) atoms. The molecule has 0 bridgehead atoms. The van der Waals surface area contributed by atoms with E-state index in [9.17, 15) is 10.4 Å². The Labute approximate surface area is 119 Å². The highest BCUT2D eigenvalue weighted by Crippen LogP contribution is 2.41. The van der Waals surface area contributed by atoms with Crippen LogP contribution in [0.1, 0.15) is 24.5 Å². The number of aliphatic hydroxyl groups is 1. The molecule has 1 aliphatic heterocycles. The number of rotatable bonds is 2. The Morgan fingerprint density at radius 2 is 2.33 bits per heavy atom. The largest absolute Gasteiger partial charge is 0.387 e. The van der Waals surface area contributed by atoms with E-state index in [4.69, 9.17) is 16.3 Å². The van der Waals surface area contributed by atoms with Crippen LogP contribution in [0.15, 0.2) is 22.7 Å². The second kappa shape index (κ2) is 5.58. The molecule has 96 valence electrons. The molecule has 1 aromatic rings. The van der Waals surface area contributed by atoms with Gasteiger partial charge in [0.15, 0.2) is 0 Å². The Hall–Kier alpha value is -0.600. The third kappa shape index (κ3) is 2.55. The number of hydrogen-bond acceptors (Lipinski definition) is 3. The molecule has 1 aliphatic rings. The van der Waals surface area contributed by atoms with E-state index in [0.717, 1.165) is 10.9 Å². The van der Waals surface area contributed by atoms with E-state index in [1.807, 2.05) is 0 Å². The Morgan fingerprint density at radius 3 is 2.89 bits per heavy atom. The van der Waals surface area contributed by atoms with Crippen molar-refractivity contribution in [3.05, 3.63) is 33.3 Å². The third-order valence-corrected chi connectivity index (χ3v) is 4.51. The quantitative estimate of drug-likeness (QED) is 0.903. The van der Waals surface area contributed by atoms with Crippen LogP contribution in [-0.2, 0) is 4.74 Å². The van der Waals surface area contributed by atoms with E-state index in [2.05, 4.69) is 22.0 Å². The van der Waals surface area contributed by atoms with Gasteiger partial charge in [-0.2, -0.15) is 5.26 Å². The highest BCUT2D eigenvalue weighted by Gasteiger charge is 2.41. The number of hydrogen-bond donors (Lipinski definition) is 1. The number of benzene rings is 1. The van der Waals surface area contributed by atoms with Gasteiger partial charge in [-0.1, -0.05) is 17.7 Å². The van der Waals surface area contributed by atoms with Gasteiger partial charge in [0.2, 0.25) is 0 Å². The maximum atomic E-state index is 10.4. The van der Waals surface area contributed by atoms with Crippen LogP contribution in [0.5, 0.6) is 0 Å². The van der Waals surface area contributed by atoms with Gasteiger partial charge >= 0.3 is 0 Å². The molecule has 2 unspecified atom stereocenters. The zero-order chi connectivity index (χ0) is 13.2. The van der Waals surface area contributed by atoms with Crippen molar-refractivity contribution >= 4 is 27.5 Å². The predicted octanol–water partition coefficient (Wildman–Crippen LogP) is 3.46. The molecule has 1 N–H and O–H groups in total. The molecular formula is C13H13BrClNO2. The Bertz CT molecular complexity index is 480. The molecule has 0 spiro atoms. The lowest BCUT2D eigenvalue weighted by Gasteiger charge is -2.35. The number of halogens is 2. The van der Waals surface area contributed by atoms with Crippen molar-refractivity contribution in [1.29, 1.82) is 5.26 Å². The first-order valence-electron chi connectivity index (χ1n) is 5.71. The van der Waals surface area contributed by atoms with Crippen molar-refractivity contribution in [1.82, 2.24) is 0 Å². The summed E-state index contributed by atoms with van der Waals surface area (Å²) < 4.78 is 6.12. The van der Waals surface area contributed by atoms with Crippen LogP contribution in [0.2, 0.25) is 5.02 Å². The maximum Gasteiger partial charge on any atom is 0.111 e. The van der Waals surface area contributed by atoms with Crippen molar-refractivity contribution in [2.75, 3.05) is 13.2 Å². The Balaban J connectivity index is 2.31. The molecule has 5 heteroatoms. The molecule has 1 heterocycles. The van der Waals surface area contributed by atoms with Crippen molar-refractivity contribution in [2.45, 2.75) is 18.9 Å². The predicted molar refractivity (Wildman–Crippen MR) is 72.2 cm³/mol. The van der Waals surface area contributed by atoms with Gasteiger partial charge in [-0.3, -0.25) is 0 Å². The summed E-state index contributed by atoms with van der Waals surface area (Å²) in [5, 5.41) is 20.3. The second-order valence-electron chi connectivity index (χ2n) is 4.50. The molecule has 2 atom stereocenters. The van der Waals surface area contributed by atoms with Crippen LogP contribution < -0.4 is 0 Å². The minimum absolute atomic E-state index is 0.262. The first kappa shape index (κ1) is 13.8. The summed E-state index contributed by atoms with van der Waals surface area (Å²) in [6.45, 7) is 0.912. The van der Waals surface area contributed by atoms with E-state index in [1.165, 1.54) is 0 Å². The van der Waals surface area contributed by atoms with Gasteiger partial charge < -0.3 is 9.84 Å². The van der Waals surface area contributed by atoms with E-state index < -0.39 is 11.5 Å². The summed E-state index contributed by atoms with van der Waals surface area (Å²) in [6, 6.07) is 7.45. The third-order valence-electron chi connectivity index (χ3n) is 3.28. The van der Waals surface area contributed by atoms with Gasteiger partial charge in [0.25, 0.3) is 0 Å². The first-order chi connectivity index (χ1) is 8.59. The molecule has 3 nitrogen and oxygen atoms in total. The summed E-state index contributed by atoms with van der Waals surface area (Å²) >= 11 is 9.31. The second-order valence-corrected chi connectivity index (χ2v) is 5.76. The van der Waals surface area contributed by atoms with Crippen molar-refractivity contribution < 1.29 is 9.84 Å². The van der Waals surface area contributed by atoms with Crippen LogP contribution >= 0.6 is 27.5 Å². The lowest BCUT2D eigenvalue weighted by molar-refractivity contribution is -0.0505. The van der Waals surface area contributed by atoms with Gasteiger partial charge in [-0.15, -0.1) is 0 Å². The van der Waals surface area contributed by atoms with Gasteiger partial charge in [0.1, 0.15) is 5.41 Å². The molecule has 2 rings (SSSR count).